The molecule has 7 heteroatoms. The molecule has 1 aromatic heterocycles. The van der Waals surface area contributed by atoms with Gasteiger partial charge in [0.2, 0.25) is 0 Å². The number of carboxylic acids is 2. The maximum absolute atomic E-state index is 11.6. The predicted molar refractivity (Wildman–Crippen MR) is 106 cm³/mol. The van der Waals surface area contributed by atoms with Crippen LogP contribution >= 0.6 is 11.3 Å². The van der Waals surface area contributed by atoms with E-state index < -0.39 is 24.0 Å². The number of thiazole rings is 1. The fourth-order valence-corrected chi connectivity index (χ4v) is 3.83. The molecule has 2 aromatic rings. The number of aliphatic carboxylic acids is 2. The Hall–Kier alpha value is -2.25. The van der Waals surface area contributed by atoms with Crippen molar-refractivity contribution in [3.05, 3.63) is 40.4 Å². The van der Waals surface area contributed by atoms with Crippen molar-refractivity contribution in [1.82, 2.24) is 10.3 Å². The number of nitrogens with zero attached hydrogens (tertiary/aromatic N) is 1. The minimum absolute atomic E-state index is 0.137. The second kappa shape index (κ2) is 9.10. The molecule has 0 saturated carbocycles. The van der Waals surface area contributed by atoms with Gasteiger partial charge in [-0.25, -0.2) is 4.98 Å². The van der Waals surface area contributed by atoms with Crippen LogP contribution in [-0.4, -0.2) is 39.2 Å². The van der Waals surface area contributed by atoms with Crippen molar-refractivity contribution < 1.29 is 19.8 Å². The van der Waals surface area contributed by atoms with Gasteiger partial charge in [0.25, 0.3) is 0 Å². The quantitative estimate of drug-likeness (QED) is 0.606. The van der Waals surface area contributed by atoms with Gasteiger partial charge in [-0.2, -0.15) is 0 Å². The Bertz CT molecular complexity index is 796. The fraction of sp³-hybridized carbons (Fsp3) is 0.450. The summed E-state index contributed by atoms with van der Waals surface area (Å²) < 4.78 is 0. The molecule has 2 rings (SSSR count). The van der Waals surface area contributed by atoms with E-state index >= 15 is 0 Å². The lowest BCUT2D eigenvalue weighted by molar-refractivity contribution is -0.142. The molecule has 0 radical (unpaired) electrons. The third-order valence-corrected chi connectivity index (χ3v) is 5.08. The van der Waals surface area contributed by atoms with Gasteiger partial charge in [0.05, 0.1) is 5.69 Å². The molecule has 3 N–H and O–H groups in total. The van der Waals surface area contributed by atoms with Crippen molar-refractivity contribution in [1.29, 1.82) is 0 Å². The summed E-state index contributed by atoms with van der Waals surface area (Å²) in [6.07, 6.45) is 0.502. The summed E-state index contributed by atoms with van der Waals surface area (Å²) in [7, 11) is 0. The summed E-state index contributed by atoms with van der Waals surface area (Å²) in [4.78, 5) is 27.6. The summed E-state index contributed by atoms with van der Waals surface area (Å²) >= 11 is 1.46. The molecule has 0 aliphatic rings. The number of rotatable bonds is 9. The number of nitrogens with one attached hydrogen (secondary N) is 1. The summed E-state index contributed by atoms with van der Waals surface area (Å²) in [5, 5.41) is 24.3. The zero-order chi connectivity index (χ0) is 20.1. The largest absolute Gasteiger partial charge is 0.480 e. The highest BCUT2D eigenvalue weighted by atomic mass is 32.1. The van der Waals surface area contributed by atoms with Gasteiger partial charge in [-0.05, 0) is 38.3 Å². The molecule has 1 unspecified atom stereocenters. The summed E-state index contributed by atoms with van der Waals surface area (Å²) in [5.41, 5.74) is 3.93. The second-order valence-corrected chi connectivity index (χ2v) is 8.16. The molecular formula is C20H26N2O4S. The summed E-state index contributed by atoms with van der Waals surface area (Å²) in [6.45, 7) is 7.86. The van der Waals surface area contributed by atoms with Crippen molar-refractivity contribution in [3.63, 3.8) is 0 Å². The minimum Gasteiger partial charge on any atom is -0.480 e. The van der Waals surface area contributed by atoms with Crippen LogP contribution < -0.4 is 5.32 Å². The van der Waals surface area contributed by atoms with Gasteiger partial charge in [0.1, 0.15) is 17.1 Å². The van der Waals surface area contributed by atoms with Gasteiger partial charge in [0.15, 0.2) is 0 Å². The van der Waals surface area contributed by atoms with Gasteiger partial charge in [-0.3, -0.25) is 14.9 Å². The number of carboxylic acid groups (broad SMARTS) is 2. The fourth-order valence-electron chi connectivity index (χ4n) is 3.01. The molecule has 0 saturated heterocycles. The third-order valence-electron chi connectivity index (χ3n) is 4.14. The third kappa shape index (κ3) is 6.15. The lowest BCUT2D eigenvalue weighted by Gasteiger charge is -2.21. The summed E-state index contributed by atoms with van der Waals surface area (Å²) in [6, 6.07) is 4.28. The van der Waals surface area contributed by atoms with Crippen molar-refractivity contribution in [2.75, 3.05) is 0 Å². The highest BCUT2D eigenvalue weighted by Crippen LogP contribution is 2.26. The van der Waals surface area contributed by atoms with Gasteiger partial charge >= 0.3 is 11.9 Å². The Morgan fingerprint density at radius 3 is 2.19 bits per heavy atom. The average Bonchev–Trinajstić information content (AvgIpc) is 3.00. The predicted octanol–water partition coefficient (Wildman–Crippen LogP) is 3.51. The maximum Gasteiger partial charge on any atom is 0.321 e. The molecule has 0 aliphatic heterocycles. The van der Waals surface area contributed by atoms with Crippen molar-refractivity contribution in [2.24, 2.45) is 5.92 Å². The standard InChI is InChI=1S/C20H26N2O4S/c1-11(2)5-16(19(23)24)22-17(20(25)26)9-15-10-27-18(21-15)14-7-12(3)6-13(4)8-14/h6-8,10-11,16-17,22H,5,9H2,1-4H3,(H,23,24)(H,25,26)/t16?,17-/m0/s1. The van der Waals surface area contributed by atoms with E-state index in [4.69, 9.17) is 0 Å². The highest BCUT2D eigenvalue weighted by Gasteiger charge is 2.27. The van der Waals surface area contributed by atoms with E-state index in [-0.39, 0.29) is 12.3 Å². The Morgan fingerprint density at radius 1 is 1.07 bits per heavy atom. The molecule has 27 heavy (non-hydrogen) atoms. The van der Waals surface area contributed by atoms with E-state index in [0.717, 1.165) is 21.7 Å². The Labute approximate surface area is 163 Å². The Morgan fingerprint density at radius 2 is 1.67 bits per heavy atom. The molecule has 0 fully saturated rings. The SMILES string of the molecule is Cc1cc(C)cc(-c2nc(C[C@H](NC(CC(C)C)C(=O)O)C(=O)O)cs2)c1. The van der Waals surface area contributed by atoms with Crippen LogP contribution in [0.4, 0.5) is 0 Å². The Kier molecular flexibility index (Phi) is 7.10. The van der Waals surface area contributed by atoms with Crippen molar-refractivity contribution >= 4 is 23.3 Å². The molecule has 0 aliphatic carbocycles. The average molecular weight is 391 g/mol. The lowest BCUT2D eigenvalue weighted by Crippen LogP contribution is -2.48. The number of benzene rings is 1. The zero-order valence-corrected chi connectivity index (χ0v) is 16.8. The number of aromatic nitrogens is 1. The van der Waals surface area contributed by atoms with Crippen molar-refractivity contribution in [3.8, 4) is 10.6 Å². The van der Waals surface area contributed by atoms with Gasteiger partial charge in [-0.15, -0.1) is 11.3 Å². The van der Waals surface area contributed by atoms with Gasteiger partial charge in [0, 0.05) is 17.4 Å². The van der Waals surface area contributed by atoms with Gasteiger partial charge < -0.3 is 10.2 Å². The van der Waals surface area contributed by atoms with Gasteiger partial charge in [-0.1, -0.05) is 31.0 Å². The van der Waals surface area contributed by atoms with E-state index in [0.29, 0.717) is 12.1 Å². The molecular weight excluding hydrogens is 364 g/mol. The molecule has 2 atom stereocenters. The topological polar surface area (TPSA) is 99.5 Å². The van der Waals surface area contributed by atoms with E-state index in [9.17, 15) is 19.8 Å². The molecule has 0 amide bonds. The number of hydrogen-bond acceptors (Lipinski definition) is 5. The van der Waals surface area contributed by atoms with Crippen LogP contribution in [0.5, 0.6) is 0 Å². The molecule has 0 spiro atoms. The van der Waals surface area contributed by atoms with Crippen LogP contribution in [-0.2, 0) is 16.0 Å². The number of aryl methyl sites for hydroxylation is 2. The highest BCUT2D eigenvalue weighted by molar-refractivity contribution is 7.13. The maximum atomic E-state index is 11.6. The van der Waals surface area contributed by atoms with Crippen LogP contribution in [0, 0.1) is 19.8 Å². The monoisotopic (exact) mass is 390 g/mol. The van der Waals surface area contributed by atoms with E-state index in [1.165, 1.54) is 11.3 Å². The van der Waals surface area contributed by atoms with E-state index in [1.807, 2.05) is 45.2 Å². The minimum atomic E-state index is -1.08. The molecule has 6 nitrogen and oxygen atoms in total. The smallest absolute Gasteiger partial charge is 0.321 e. The molecule has 146 valence electrons. The number of hydrogen-bond donors (Lipinski definition) is 3. The summed E-state index contributed by atoms with van der Waals surface area (Å²) in [5.74, 6) is -1.97. The first-order chi connectivity index (χ1) is 12.7. The first kappa shape index (κ1) is 21.1. The van der Waals surface area contributed by atoms with E-state index in [2.05, 4.69) is 16.4 Å². The number of carbonyl (C=O) groups is 2. The molecule has 0 bridgehead atoms. The molecule has 1 aromatic carbocycles. The van der Waals surface area contributed by atoms with Crippen LogP contribution in [0.25, 0.3) is 10.6 Å². The van der Waals surface area contributed by atoms with Crippen LogP contribution in [0.2, 0.25) is 0 Å². The van der Waals surface area contributed by atoms with Crippen LogP contribution in [0.15, 0.2) is 23.6 Å². The van der Waals surface area contributed by atoms with E-state index in [1.54, 1.807) is 0 Å². The first-order valence-electron chi connectivity index (χ1n) is 8.90. The lowest BCUT2D eigenvalue weighted by atomic mass is 10.0. The van der Waals surface area contributed by atoms with Crippen LogP contribution in [0.3, 0.4) is 0 Å². The first-order valence-corrected chi connectivity index (χ1v) is 9.78. The molecule has 1 heterocycles. The van der Waals surface area contributed by atoms with Crippen molar-refractivity contribution in [2.45, 2.75) is 52.6 Å². The zero-order valence-electron chi connectivity index (χ0n) is 16.0. The Balaban J connectivity index is 2.16. The second-order valence-electron chi connectivity index (χ2n) is 7.30. The normalized spacial score (nSPS) is 13.5. The van der Waals surface area contributed by atoms with Crippen LogP contribution in [0.1, 0.15) is 37.1 Å².